The minimum atomic E-state index is 0.0245. The zero-order valence-corrected chi connectivity index (χ0v) is 15.9. The van der Waals surface area contributed by atoms with Gasteiger partial charge in [-0.05, 0) is 63.6 Å². The number of hydrogen-bond donors (Lipinski definition) is 1. The summed E-state index contributed by atoms with van der Waals surface area (Å²) >= 11 is 1.79. The largest absolute Gasteiger partial charge is 0.333 e. The van der Waals surface area contributed by atoms with Gasteiger partial charge in [-0.15, -0.1) is 11.8 Å². The molecule has 5 heteroatoms. The van der Waals surface area contributed by atoms with Crippen molar-refractivity contribution in [1.82, 2.24) is 15.2 Å². The molecule has 1 N–H and O–H groups in total. The molecule has 0 saturated carbocycles. The van der Waals surface area contributed by atoms with Crippen LogP contribution in [-0.4, -0.2) is 45.9 Å². The number of pyridine rings is 1. The Morgan fingerprint density at radius 3 is 3.04 bits per heavy atom. The van der Waals surface area contributed by atoms with Crippen molar-refractivity contribution in [3.63, 3.8) is 0 Å². The monoisotopic (exact) mass is 349 g/mol. The number of amides is 1. The van der Waals surface area contributed by atoms with Crippen LogP contribution in [0.25, 0.3) is 0 Å². The molecule has 134 valence electrons. The highest BCUT2D eigenvalue weighted by atomic mass is 32.2. The van der Waals surface area contributed by atoms with Crippen molar-refractivity contribution in [3.8, 4) is 0 Å². The number of hydrogen-bond acceptors (Lipinski definition) is 4. The molecule has 0 spiro atoms. The Bertz CT molecular complexity index is 475. The van der Waals surface area contributed by atoms with E-state index >= 15 is 0 Å². The lowest BCUT2D eigenvalue weighted by Crippen LogP contribution is -2.44. The van der Waals surface area contributed by atoms with E-state index in [0.29, 0.717) is 12.6 Å². The van der Waals surface area contributed by atoms with Gasteiger partial charge in [-0.25, -0.2) is 0 Å². The van der Waals surface area contributed by atoms with E-state index in [0.717, 1.165) is 43.8 Å². The molecule has 0 aliphatic carbocycles. The molecular formula is C19H31N3OS. The number of carbonyl (C=O) groups excluding carboxylic acids is 1. The highest BCUT2D eigenvalue weighted by Crippen LogP contribution is 2.22. The first-order valence-electron chi connectivity index (χ1n) is 9.25. The van der Waals surface area contributed by atoms with Crippen molar-refractivity contribution in [2.45, 2.75) is 63.8 Å². The number of nitrogens with one attached hydrogen (secondary N) is 1. The highest BCUT2D eigenvalue weighted by molar-refractivity contribution is 8.00. The van der Waals surface area contributed by atoms with Gasteiger partial charge in [0.15, 0.2) is 0 Å². The molecule has 1 amide bonds. The molecule has 4 nitrogen and oxygen atoms in total. The average Bonchev–Trinajstić information content (AvgIpc) is 2.89. The molecule has 1 fully saturated rings. The Hall–Kier alpha value is -1.07. The zero-order chi connectivity index (χ0) is 17.2. The topological polar surface area (TPSA) is 45.2 Å². The molecule has 0 bridgehead atoms. The average molecular weight is 350 g/mol. The van der Waals surface area contributed by atoms with Gasteiger partial charge in [0.1, 0.15) is 0 Å². The van der Waals surface area contributed by atoms with Crippen LogP contribution < -0.4 is 5.32 Å². The lowest BCUT2D eigenvalue weighted by molar-refractivity contribution is -0.133. The molecule has 2 unspecified atom stereocenters. The summed E-state index contributed by atoms with van der Waals surface area (Å²) in [6.07, 6.45) is 7.42. The second-order valence-electron chi connectivity index (χ2n) is 6.49. The Morgan fingerprint density at radius 1 is 1.42 bits per heavy atom. The SMILES string of the molecule is CCCCSC(C)C(=O)N(Cc1ccccn1)C1CCCNCC1. The maximum atomic E-state index is 13.1. The van der Waals surface area contributed by atoms with E-state index in [2.05, 4.69) is 29.0 Å². The van der Waals surface area contributed by atoms with E-state index in [9.17, 15) is 4.79 Å². The van der Waals surface area contributed by atoms with Crippen LogP contribution in [-0.2, 0) is 11.3 Å². The molecular weight excluding hydrogens is 318 g/mol. The van der Waals surface area contributed by atoms with Crippen LogP contribution in [0, 0.1) is 0 Å². The lowest BCUT2D eigenvalue weighted by Gasteiger charge is -2.33. The van der Waals surface area contributed by atoms with Crippen LogP contribution in [0.5, 0.6) is 0 Å². The van der Waals surface area contributed by atoms with Gasteiger partial charge in [0.05, 0.1) is 17.5 Å². The predicted molar refractivity (Wildman–Crippen MR) is 102 cm³/mol. The molecule has 1 aromatic rings. The summed E-state index contributed by atoms with van der Waals surface area (Å²) in [6, 6.07) is 6.27. The third-order valence-corrected chi connectivity index (χ3v) is 5.77. The molecule has 2 rings (SSSR count). The summed E-state index contributed by atoms with van der Waals surface area (Å²) in [5, 5.41) is 3.47. The molecule has 0 radical (unpaired) electrons. The van der Waals surface area contributed by atoms with E-state index in [-0.39, 0.29) is 11.2 Å². The van der Waals surface area contributed by atoms with Crippen LogP contribution >= 0.6 is 11.8 Å². The first-order valence-corrected chi connectivity index (χ1v) is 10.3. The van der Waals surface area contributed by atoms with E-state index in [1.165, 1.54) is 12.8 Å². The van der Waals surface area contributed by atoms with E-state index < -0.39 is 0 Å². The van der Waals surface area contributed by atoms with Crippen molar-refractivity contribution < 1.29 is 4.79 Å². The quantitative estimate of drug-likeness (QED) is 0.730. The third kappa shape index (κ3) is 6.10. The maximum Gasteiger partial charge on any atom is 0.236 e. The van der Waals surface area contributed by atoms with Gasteiger partial charge >= 0.3 is 0 Å². The number of nitrogens with zero attached hydrogens (tertiary/aromatic N) is 2. The number of aromatic nitrogens is 1. The van der Waals surface area contributed by atoms with Crippen LogP contribution in [0.2, 0.25) is 0 Å². The Labute approximate surface area is 150 Å². The van der Waals surface area contributed by atoms with Crippen molar-refractivity contribution in [2.24, 2.45) is 0 Å². The van der Waals surface area contributed by atoms with Gasteiger partial charge in [-0.2, -0.15) is 0 Å². The highest BCUT2D eigenvalue weighted by Gasteiger charge is 2.28. The number of unbranched alkanes of at least 4 members (excludes halogenated alkanes) is 1. The Kier molecular flexibility index (Phi) is 8.60. The summed E-state index contributed by atoms with van der Waals surface area (Å²) in [4.78, 5) is 19.6. The minimum absolute atomic E-state index is 0.0245. The number of rotatable bonds is 8. The molecule has 1 aliphatic heterocycles. The normalized spacial score (nSPS) is 19.5. The summed E-state index contributed by atoms with van der Waals surface area (Å²) in [6.45, 7) is 6.93. The van der Waals surface area contributed by atoms with Gasteiger partial charge in [0.2, 0.25) is 5.91 Å². The smallest absolute Gasteiger partial charge is 0.236 e. The Morgan fingerprint density at radius 2 is 2.29 bits per heavy atom. The standard InChI is InChI=1S/C19H31N3OS/c1-3-4-14-24-16(2)19(23)22(15-17-8-5-6-12-21-17)18-9-7-11-20-13-10-18/h5-6,8,12,16,18,20H,3-4,7,9-11,13-15H2,1-2H3. The van der Waals surface area contributed by atoms with Crippen molar-refractivity contribution in [1.29, 1.82) is 0 Å². The van der Waals surface area contributed by atoms with Crippen molar-refractivity contribution in [3.05, 3.63) is 30.1 Å². The lowest BCUT2D eigenvalue weighted by atomic mass is 10.1. The van der Waals surface area contributed by atoms with Crippen molar-refractivity contribution in [2.75, 3.05) is 18.8 Å². The third-order valence-electron chi connectivity index (χ3n) is 4.54. The van der Waals surface area contributed by atoms with Crippen LogP contribution in [0.15, 0.2) is 24.4 Å². The molecule has 1 aromatic heterocycles. The number of thioether (sulfide) groups is 1. The first kappa shape index (κ1) is 19.3. The summed E-state index contributed by atoms with van der Waals surface area (Å²) in [5.41, 5.74) is 0.980. The molecule has 24 heavy (non-hydrogen) atoms. The fourth-order valence-corrected chi connectivity index (χ4v) is 4.16. The second-order valence-corrected chi connectivity index (χ2v) is 7.94. The molecule has 0 aromatic carbocycles. The molecule has 2 atom stereocenters. The predicted octanol–water partition coefficient (Wildman–Crippen LogP) is 3.47. The summed E-state index contributed by atoms with van der Waals surface area (Å²) in [5.74, 6) is 1.33. The minimum Gasteiger partial charge on any atom is -0.333 e. The maximum absolute atomic E-state index is 13.1. The first-order chi connectivity index (χ1) is 11.7. The van der Waals surface area contributed by atoms with Gasteiger partial charge in [-0.1, -0.05) is 19.4 Å². The Balaban J connectivity index is 2.06. The summed E-state index contributed by atoms with van der Waals surface area (Å²) < 4.78 is 0. The molecule has 2 heterocycles. The van der Waals surface area contributed by atoms with Gasteiger partial charge in [0, 0.05) is 12.2 Å². The molecule has 1 aliphatic rings. The van der Waals surface area contributed by atoms with Crippen LogP contribution in [0.1, 0.15) is 51.6 Å². The number of carbonyl (C=O) groups is 1. The summed E-state index contributed by atoms with van der Waals surface area (Å²) in [7, 11) is 0. The zero-order valence-electron chi connectivity index (χ0n) is 15.0. The molecule has 1 saturated heterocycles. The van der Waals surface area contributed by atoms with E-state index in [4.69, 9.17) is 0 Å². The van der Waals surface area contributed by atoms with Crippen LogP contribution in [0.3, 0.4) is 0 Å². The van der Waals surface area contributed by atoms with E-state index in [1.54, 1.807) is 11.8 Å². The fraction of sp³-hybridized carbons (Fsp3) is 0.684. The van der Waals surface area contributed by atoms with Gasteiger partial charge in [0.25, 0.3) is 0 Å². The van der Waals surface area contributed by atoms with Gasteiger partial charge < -0.3 is 10.2 Å². The van der Waals surface area contributed by atoms with Gasteiger partial charge in [-0.3, -0.25) is 9.78 Å². The van der Waals surface area contributed by atoms with Crippen molar-refractivity contribution >= 4 is 17.7 Å². The fourth-order valence-electron chi connectivity index (χ4n) is 3.07. The second kappa shape index (κ2) is 10.7. The van der Waals surface area contributed by atoms with Crippen LogP contribution in [0.4, 0.5) is 0 Å². The van der Waals surface area contributed by atoms with E-state index in [1.807, 2.05) is 24.4 Å².